The van der Waals surface area contributed by atoms with E-state index in [-0.39, 0.29) is 0 Å². The van der Waals surface area contributed by atoms with Crippen LogP contribution in [0.5, 0.6) is 0 Å². The molecule has 0 aromatic rings. The molecule has 1 nitrogen and oxygen atoms in total. The van der Waals surface area contributed by atoms with Gasteiger partial charge in [0.15, 0.2) is 0 Å². The summed E-state index contributed by atoms with van der Waals surface area (Å²) >= 11 is 0. The monoisotopic (exact) mass is 428 g/mol. The van der Waals surface area contributed by atoms with E-state index in [0.29, 0.717) is 39.6 Å². The first-order valence-corrected chi connectivity index (χ1v) is 14.0. The molecule has 5 fully saturated rings. The lowest BCUT2D eigenvalue weighted by atomic mass is 9.32. The minimum atomic E-state index is 0.383. The van der Waals surface area contributed by atoms with Gasteiger partial charge in [0, 0.05) is 6.61 Å². The Balaban J connectivity index is 1.50. The van der Waals surface area contributed by atoms with Crippen molar-refractivity contribution in [2.45, 2.75) is 119 Å². The number of hydrogen-bond donors (Lipinski definition) is 1. The zero-order valence-corrected chi connectivity index (χ0v) is 21.9. The van der Waals surface area contributed by atoms with Crippen molar-refractivity contribution in [2.24, 2.45) is 62.6 Å². The van der Waals surface area contributed by atoms with E-state index in [1.807, 2.05) is 0 Å². The van der Waals surface area contributed by atoms with Crippen molar-refractivity contribution in [3.05, 3.63) is 0 Å². The Hall–Kier alpha value is -0.0400. The Kier molecular flexibility index (Phi) is 5.13. The van der Waals surface area contributed by atoms with Crippen molar-refractivity contribution in [2.75, 3.05) is 6.61 Å². The van der Waals surface area contributed by atoms with Gasteiger partial charge in [0.05, 0.1) is 0 Å². The number of hydrogen-bond acceptors (Lipinski definition) is 1. The summed E-state index contributed by atoms with van der Waals surface area (Å²) in [5.41, 5.74) is 2.63. The summed E-state index contributed by atoms with van der Waals surface area (Å²) in [4.78, 5) is 0. The fourth-order valence-corrected chi connectivity index (χ4v) is 12.2. The minimum absolute atomic E-state index is 0.383. The number of aliphatic hydroxyl groups is 1. The lowest BCUT2D eigenvalue weighted by Gasteiger charge is -2.73. The third-order valence-corrected chi connectivity index (χ3v) is 13.8. The molecule has 0 saturated heterocycles. The van der Waals surface area contributed by atoms with E-state index in [4.69, 9.17) is 0 Å². The molecule has 0 unspecified atom stereocenters. The molecule has 5 rings (SSSR count). The highest BCUT2D eigenvalue weighted by atomic mass is 16.3. The second kappa shape index (κ2) is 6.99. The van der Waals surface area contributed by atoms with Crippen LogP contribution in [0.2, 0.25) is 0 Å². The minimum Gasteiger partial charge on any atom is -0.396 e. The van der Waals surface area contributed by atoms with Crippen LogP contribution in [0, 0.1) is 62.6 Å². The first-order chi connectivity index (χ1) is 14.4. The average Bonchev–Trinajstić information content (AvgIpc) is 3.04. The van der Waals surface area contributed by atoms with Gasteiger partial charge in [-0.1, -0.05) is 54.9 Å². The van der Waals surface area contributed by atoms with Crippen molar-refractivity contribution in [1.29, 1.82) is 0 Å². The van der Waals surface area contributed by atoms with E-state index in [1.54, 1.807) is 0 Å². The quantitative estimate of drug-likeness (QED) is 0.471. The van der Waals surface area contributed by atoms with Crippen LogP contribution in [0.1, 0.15) is 119 Å². The molecule has 1 heteroatoms. The van der Waals surface area contributed by atoms with Crippen LogP contribution in [-0.4, -0.2) is 11.7 Å². The van der Waals surface area contributed by atoms with Crippen LogP contribution in [0.15, 0.2) is 0 Å². The summed E-state index contributed by atoms with van der Waals surface area (Å²) < 4.78 is 0. The lowest BCUT2D eigenvalue weighted by molar-refractivity contribution is -0.241. The Bertz CT molecular complexity index is 711. The molecule has 10 atom stereocenters. The maximum Gasteiger partial charge on any atom is 0.0459 e. The Labute approximate surface area is 193 Å². The van der Waals surface area contributed by atoms with Crippen molar-refractivity contribution >= 4 is 0 Å². The Morgan fingerprint density at radius 3 is 1.94 bits per heavy atom. The molecule has 1 N–H and O–H groups in total. The van der Waals surface area contributed by atoms with Crippen LogP contribution < -0.4 is 0 Å². The van der Waals surface area contributed by atoms with E-state index in [2.05, 4.69) is 48.5 Å². The van der Waals surface area contributed by atoms with Crippen molar-refractivity contribution in [1.82, 2.24) is 0 Å². The van der Waals surface area contributed by atoms with Crippen LogP contribution in [-0.2, 0) is 0 Å². The SMILES string of the molecule is C[C@@H](CO)[C@H]1CC[C@]2(C)[C@H]3CC[C@@H]4[C@@]5(C)CCCC(C)(C)[C@H]5CC[C@@]4(C)[C@]3(C)CC[C@@H]12. The average molecular weight is 429 g/mol. The zero-order valence-electron chi connectivity index (χ0n) is 21.9. The highest BCUT2D eigenvalue weighted by molar-refractivity contribution is 5.19. The smallest absolute Gasteiger partial charge is 0.0459 e. The summed E-state index contributed by atoms with van der Waals surface area (Å²) in [5.74, 6) is 4.86. The van der Waals surface area contributed by atoms with Gasteiger partial charge < -0.3 is 5.11 Å². The normalized spacial score (nSPS) is 56.7. The van der Waals surface area contributed by atoms with Crippen LogP contribution in [0.3, 0.4) is 0 Å². The van der Waals surface area contributed by atoms with Crippen LogP contribution in [0.4, 0.5) is 0 Å². The summed E-state index contributed by atoms with van der Waals surface area (Å²) in [6.45, 7) is 18.9. The van der Waals surface area contributed by atoms with Crippen LogP contribution in [0.25, 0.3) is 0 Å². The van der Waals surface area contributed by atoms with Crippen molar-refractivity contribution in [3.63, 3.8) is 0 Å². The predicted molar refractivity (Wildman–Crippen MR) is 131 cm³/mol. The van der Waals surface area contributed by atoms with Gasteiger partial charge in [-0.15, -0.1) is 0 Å². The van der Waals surface area contributed by atoms with E-state index in [0.717, 1.165) is 29.6 Å². The van der Waals surface area contributed by atoms with Gasteiger partial charge in [0.25, 0.3) is 0 Å². The van der Waals surface area contributed by atoms with Gasteiger partial charge >= 0.3 is 0 Å². The number of aliphatic hydroxyl groups excluding tert-OH is 1. The fraction of sp³-hybridized carbons (Fsp3) is 1.00. The molecule has 0 aliphatic heterocycles. The molecule has 178 valence electrons. The van der Waals surface area contributed by atoms with Crippen LogP contribution >= 0.6 is 0 Å². The highest BCUT2D eigenvalue weighted by Gasteiger charge is 2.70. The largest absolute Gasteiger partial charge is 0.396 e. The molecule has 5 saturated carbocycles. The standard InChI is InChI=1S/C30H52O/c1-20(19-31)21-11-16-27(4)22(21)12-17-29(6)24(27)9-10-25-28(5)15-8-14-26(2,3)23(28)13-18-30(25,29)7/h20-25,31H,8-19H2,1-7H3/t20-,21+,22-,23+,24+,25+,27-,28-,29+,30+/m0/s1. The molecule has 0 amide bonds. The molecule has 0 spiro atoms. The Morgan fingerprint density at radius 2 is 1.29 bits per heavy atom. The van der Waals surface area contributed by atoms with Crippen molar-refractivity contribution < 1.29 is 5.11 Å². The second-order valence-electron chi connectivity index (χ2n) is 15.0. The molecule has 0 radical (unpaired) electrons. The van der Waals surface area contributed by atoms with E-state index in [1.165, 1.54) is 70.6 Å². The maximum absolute atomic E-state index is 9.93. The molecule has 5 aliphatic carbocycles. The lowest BCUT2D eigenvalue weighted by Crippen LogP contribution is -2.65. The molecule has 0 heterocycles. The molecule has 31 heavy (non-hydrogen) atoms. The molecular formula is C30H52O. The third kappa shape index (κ3) is 2.77. The first kappa shape index (κ1) is 22.7. The summed E-state index contributed by atoms with van der Waals surface area (Å²) in [6.07, 6.45) is 16.0. The second-order valence-corrected chi connectivity index (χ2v) is 15.0. The zero-order chi connectivity index (χ0) is 22.4. The van der Waals surface area contributed by atoms with Gasteiger partial charge in [-0.2, -0.15) is 0 Å². The fourth-order valence-electron chi connectivity index (χ4n) is 12.2. The van der Waals surface area contributed by atoms with Gasteiger partial charge in [0.1, 0.15) is 0 Å². The molecule has 5 aliphatic rings. The topological polar surface area (TPSA) is 20.2 Å². The first-order valence-electron chi connectivity index (χ1n) is 14.0. The maximum atomic E-state index is 9.93. The summed E-state index contributed by atoms with van der Waals surface area (Å²) in [7, 11) is 0. The van der Waals surface area contributed by atoms with E-state index < -0.39 is 0 Å². The molecular weight excluding hydrogens is 376 g/mol. The third-order valence-electron chi connectivity index (χ3n) is 13.8. The van der Waals surface area contributed by atoms with Gasteiger partial charge in [-0.05, 0) is 127 Å². The summed E-state index contributed by atoms with van der Waals surface area (Å²) in [6, 6.07) is 0. The van der Waals surface area contributed by atoms with Crippen molar-refractivity contribution in [3.8, 4) is 0 Å². The number of fused-ring (bicyclic) bond motifs is 7. The molecule has 0 aromatic carbocycles. The predicted octanol–water partition coefficient (Wildman–Crippen LogP) is 8.11. The van der Waals surface area contributed by atoms with E-state index in [9.17, 15) is 5.11 Å². The Morgan fingerprint density at radius 1 is 0.677 bits per heavy atom. The van der Waals surface area contributed by atoms with E-state index >= 15 is 0 Å². The van der Waals surface area contributed by atoms with Gasteiger partial charge in [-0.3, -0.25) is 0 Å². The molecule has 0 aromatic heterocycles. The van der Waals surface area contributed by atoms with Gasteiger partial charge in [0.2, 0.25) is 0 Å². The number of rotatable bonds is 2. The van der Waals surface area contributed by atoms with Gasteiger partial charge in [-0.25, -0.2) is 0 Å². The molecule has 0 bridgehead atoms. The summed E-state index contributed by atoms with van der Waals surface area (Å²) in [5, 5.41) is 9.93. The highest BCUT2D eigenvalue weighted by Crippen LogP contribution is 2.78.